The normalized spacial score (nSPS) is 11.0. The molecule has 0 saturated carbocycles. The van der Waals surface area contributed by atoms with E-state index >= 15 is 0 Å². The van der Waals surface area contributed by atoms with Gasteiger partial charge in [-0.1, -0.05) is 146 Å². The predicted octanol–water partition coefficient (Wildman–Crippen LogP) is 10.3. The van der Waals surface area contributed by atoms with Crippen LogP contribution in [-0.4, -0.2) is 0 Å². The maximum absolute atomic E-state index is 14.8. The van der Waals surface area contributed by atoms with Crippen LogP contribution in [0.3, 0.4) is 0 Å². The third kappa shape index (κ3) is 6.09. The van der Waals surface area contributed by atoms with Crippen LogP contribution in [0.15, 0.2) is 164 Å². The maximum atomic E-state index is 14.8. The molecular weight excluding hydrogens is 527 g/mol. The molecule has 0 spiro atoms. The molecule has 0 radical (unpaired) electrons. The number of hydrogen-bond donors (Lipinski definition) is 0. The van der Waals surface area contributed by atoms with E-state index in [-0.39, 0.29) is 0 Å². The smallest absolute Gasteiger partial charge is 0.385 e. The lowest BCUT2D eigenvalue weighted by molar-refractivity contribution is 0.299. The topological polar surface area (TPSA) is 44.8 Å². The van der Waals surface area contributed by atoms with Gasteiger partial charge in [-0.25, -0.2) is 0 Å². The number of phosphoric acid groups is 1. The summed E-state index contributed by atoms with van der Waals surface area (Å²) in [6.07, 6.45) is 0. The molecule has 6 aromatic rings. The highest BCUT2D eigenvalue weighted by molar-refractivity contribution is 7.49. The van der Waals surface area contributed by atoms with Crippen LogP contribution in [0.4, 0.5) is 0 Å². The van der Waals surface area contributed by atoms with Gasteiger partial charge in [0.25, 0.3) is 0 Å². The molecule has 200 valence electrons. The summed E-state index contributed by atoms with van der Waals surface area (Å²) in [5.41, 5.74) is 5.08. The van der Waals surface area contributed by atoms with E-state index in [1.54, 1.807) is 18.2 Å². The van der Waals surface area contributed by atoms with Crippen LogP contribution in [0, 0.1) is 0 Å². The molecule has 0 unspecified atom stereocenters. The zero-order valence-corrected chi connectivity index (χ0v) is 23.1. The molecule has 0 aliphatic carbocycles. The summed E-state index contributed by atoms with van der Waals surface area (Å²) in [6.45, 7) is 0. The van der Waals surface area contributed by atoms with Gasteiger partial charge in [0.2, 0.25) is 0 Å². The van der Waals surface area contributed by atoms with Gasteiger partial charge in [0, 0.05) is 16.7 Å². The van der Waals surface area contributed by atoms with Crippen LogP contribution in [-0.2, 0) is 4.57 Å². The Balaban J connectivity index is 1.45. The average Bonchev–Trinajstić information content (AvgIpc) is 3.03. The second-order valence-electron chi connectivity index (χ2n) is 9.31. The summed E-state index contributed by atoms with van der Waals surface area (Å²) in [5.74, 6) is 1.16. The van der Waals surface area contributed by atoms with Crippen molar-refractivity contribution in [2.24, 2.45) is 0 Å². The van der Waals surface area contributed by atoms with Crippen molar-refractivity contribution in [3.8, 4) is 50.6 Å². The van der Waals surface area contributed by atoms with Crippen molar-refractivity contribution in [1.82, 2.24) is 0 Å². The molecule has 0 fully saturated rings. The summed E-state index contributed by atoms with van der Waals surface area (Å²) in [4.78, 5) is 0. The molecule has 41 heavy (non-hydrogen) atoms. The van der Waals surface area contributed by atoms with Crippen molar-refractivity contribution in [3.63, 3.8) is 0 Å². The Kier molecular flexibility index (Phi) is 7.66. The van der Waals surface area contributed by atoms with Crippen molar-refractivity contribution in [1.29, 1.82) is 0 Å². The molecule has 0 bridgehead atoms. The Morgan fingerprint density at radius 3 is 0.854 bits per heavy atom. The van der Waals surface area contributed by atoms with Crippen molar-refractivity contribution in [2.75, 3.05) is 0 Å². The van der Waals surface area contributed by atoms with Gasteiger partial charge in [0.1, 0.15) is 17.2 Å². The van der Waals surface area contributed by atoms with Gasteiger partial charge in [-0.3, -0.25) is 0 Å². The van der Waals surface area contributed by atoms with E-state index in [0.717, 1.165) is 33.4 Å². The Bertz CT molecular complexity index is 1580. The third-order valence-corrected chi connectivity index (χ3v) is 7.81. The zero-order valence-electron chi connectivity index (χ0n) is 22.2. The highest BCUT2D eigenvalue weighted by Crippen LogP contribution is 2.54. The first kappa shape index (κ1) is 26.2. The van der Waals surface area contributed by atoms with E-state index < -0.39 is 7.82 Å². The second-order valence-corrected chi connectivity index (χ2v) is 10.7. The molecule has 6 rings (SSSR count). The minimum Gasteiger partial charge on any atom is -0.385 e. The lowest BCUT2D eigenvalue weighted by Gasteiger charge is -2.23. The first-order valence-corrected chi connectivity index (χ1v) is 14.8. The summed E-state index contributed by atoms with van der Waals surface area (Å²) >= 11 is 0. The van der Waals surface area contributed by atoms with E-state index in [1.165, 1.54) is 0 Å². The predicted molar refractivity (Wildman–Crippen MR) is 165 cm³/mol. The third-order valence-electron chi connectivity index (χ3n) is 6.55. The SMILES string of the molecule is O=P(Oc1ccccc1-c1ccccc1)(Oc1ccccc1-c1ccccc1)Oc1ccccc1-c1ccccc1. The number of rotatable bonds is 9. The quantitative estimate of drug-likeness (QED) is 0.167. The summed E-state index contributed by atoms with van der Waals surface area (Å²) < 4.78 is 33.7. The standard InChI is InChI=1S/C36H27O4P/c37-41(38-34-25-13-10-22-31(34)28-16-4-1-5-17-28,39-35-26-14-11-23-32(35)29-18-6-2-7-19-29)40-36-27-15-12-24-33(36)30-20-8-3-9-21-30/h1-27H. The van der Waals surface area contributed by atoms with E-state index in [0.29, 0.717) is 17.2 Å². The van der Waals surface area contributed by atoms with Gasteiger partial charge in [-0.2, -0.15) is 4.57 Å². The Morgan fingerprint density at radius 1 is 0.317 bits per heavy atom. The molecule has 6 aromatic carbocycles. The first-order chi connectivity index (χ1) is 20.2. The molecule has 4 nitrogen and oxygen atoms in total. The zero-order chi connectivity index (χ0) is 27.9. The monoisotopic (exact) mass is 554 g/mol. The Labute approximate surface area is 240 Å². The van der Waals surface area contributed by atoms with Gasteiger partial charge in [-0.15, -0.1) is 0 Å². The lowest BCUT2D eigenvalue weighted by Crippen LogP contribution is -2.09. The van der Waals surface area contributed by atoms with Gasteiger partial charge >= 0.3 is 7.82 Å². The van der Waals surface area contributed by atoms with Gasteiger partial charge in [0.15, 0.2) is 0 Å². The molecule has 0 aliphatic heterocycles. The van der Waals surface area contributed by atoms with Crippen LogP contribution >= 0.6 is 7.82 Å². The van der Waals surface area contributed by atoms with Crippen LogP contribution in [0.25, 0.3) is 33.4 Å². The second kappa shape index (κ2) is 12.0. The van der Waals surface area contributed by atoms with Crippen LogP contribution < -0.4 is 13.6 Å². The Hall–Kier alpha value is -5.05. The van der Waals surface area contributed by atoms with Crippen molar-refractivity contribution in [3.05, 3.63) is 164 Å². The first-order valence-electron chi connectivity index (χ1n) is 13.3. The van der Waals surface area contributed by atoms with Gasteiger partial charge < -0.3 is 13.6 Å². The summed E-state index contributed by atoms with van der Waals surface area (Å²) in [7, 11) is -4.33. The average molecular weight is 555 g/mol. The molecule has 5 heteroatoms. The highest BCUT2D eigenvalue weighted by atomic mass is 31.2. The molecule has 0 saturated heterocycles. The molecule has 0 aromatic heterocycles. The molecule has 0 N–H and O–H groups in total. The highest BCUT2D eigenvalue weighted by Gasteiger charge is 2.36. The lowest BCUT2D eigenvalue weighted by atomic mass is 10.1. The fourth-order valence-electron chi connectivity index (χ4n) is 4.62. The van der Waals surface area contributed by atoms with Crippen molar-refractivity contribution >= 4 is 7.82 Å². The van der Waals surface area contributed by atoms with E-state index in [1.807, 2.05) is 146 Å². The largest absolute Gasteiger partial charge is 0.647 e. The number of para-hydroxylation sites is 3. The van der Waals surface area contributed by atoms with E-state index in [4.69, 9.17) is 13.6 Å². The Morgan fingerprint density at radius 2 is 0.561 bits per heavy atom. The minimum absolute atomic E-state index is 0.386. The molecule has 0 atom stereocenters. The maximum Gasteiger partial charge on any atom is 0.647 e. The fraction of sp³-hybridized carbons (Fsp3) is 0. The molecular formula is C36H27O4P. The van der Waals surface area contributed by atoms with Crippen LogP contribution in [0.2, 0.25) is 0 Å². The molecule has 0 amide bonds. The minimum atomic E-state index is -4.33. The van der Waals surface area contributed by atoms with Crippen molar-refractivity contribution in [2.45, 2.75) is 0 Å². The molecule has 0 aliphatic rings. The van der Waals surface area contributed by atoms with Crippen LogP contribution in [0.1, 0.15) is 0 Å². The van der Waals surface area contributed by atoms with E-state index in [9.17, 15) is 4.57 Å². The number of phosphoric ester groups is 1. The van der Waals surface area contributed by atoms with Gasteiger partial charge in [-0.05, 0) is 34.9 Å². The number of hydrogen-bond acceptors (Lipinski definition) is 4. The summed E-state index contributed by atoms with van der Waals surface area (Å²) in [5, 5.41) is 0. The van der Waals surface area contributed by atoms with E-state index in [2.05, 4.69) is 0 Å². The van der Waals surface area contributed by atoms with Gasteiger partial charge in [0.05, 0.1) is 0 Å². The fourth-order valence-corrected chi connectivity index (χ4v) is 5.94. The van der Waals surface area contributed by atoms with Crippen molar-refractivity contribution < 1.29 is 18.1 Å². The molecule has 0 heterocycles. The number of benzene rings is 6. The van der Waals surface area contributed by atoms with Crippen LogP contribution in [0.5, 0.6) is 17.2 Å². The summed E-state index contributed by atoms with van der Waals surface area (Å²) in [6, 6.07) is 51.7.